The number of halogens is 1. The lowest BCUT2D eigenvalue weighted by atomic mass is 9.97. The molecule has 0 radical (unpaired) electrons. The second-order valence-electron chi connectivity index (χ2n) is 6.71. The molecule has 1 aliphatic rings. The van der Waals surface area contributed by atoms with Crippen LogP contribution in [-0.4, -0.2) is 11.0 Å². The number of allylic oxidation sites excluding steroid dienone is 2. The first kappa shape index (κ1) is 22.9. The minimum atomic E-state index is 0.239. The summed E-state index contributed by atoms with van der Waals surface area (Å²) in [6, 6.07) is 22.9. The summed E-state index contributed by atoms with van der Waals surface area (Å²) in [5.41, 5.74) is 20.8. The lowest BCUT2D eigenvalue weighted by Crippen LogP contribution is -2.22. The Balaban J connectivity index is 0.000000224. The first-order valence-corrected chi connectivity index (χ1v) is 9.85. The van der Waals surface area contributed by atoms with Crippen LogP contribution < -0.4 is 17.2 Å². The van der Waals surface area contributed by atoms with Crippen molar-refractivity contribution in [3.05, 3.63) is 101 Å². The fourth-order valence-corrected chi connectivity index (χ4v) is 3.33. The van der Waals surface area contributed by atoms with E-state index in [1.807, 2.05) is 6.07 Å². The standard InChI is InChI=1S/C13H17ClN4.C10H8.C2H2/c14-18-6-5-9-1-2-10(7-11(9)8-18)12(15)3-4-13(16)17;1-2-6-10-8-4-3-7-9(10)5-1;1-2/h1-4,7H,5-6,8,15-17H2;1-8H;1-2H/b12-3-;;. The Morgan fingerprint density at radius 1 is 0.833 bits per heavy atom. The lowest BCUT2D eigenvalue weighted by molar-refractivity contribution is 0.429. The van der Waals surface area contributed by atoms with E-state index in [2.05, 4.69) is 73.5 Å². The van der Waals surface area contributed by atoms with Gasteiger partial charge in [-0.15, -0.1) is 12.8 Å². The van der Waals surface area contributed by atoms with E-state index in [-0.39, 0.29) is 5.82 Å². The van der Waals surface area contributed by atoms with Crippen LogP contribution in [0.2, 0.25) is 0 Å². The van der Waals surface area contributed by atoms with Crippen molar-refractivity contribution in [2.45, 2.75) is 13.0 Å². The zero-order valence-corrected chi connectivity index (χ0v) is 17.6. The summed E-state index contributed by atoms with van der Waals surface area (Å²) in [7, 11) is 0. The van der Waals surface area contributed by atoms with Crippen LogP contribution in [0.25, 0.3) is 16.5 Å². The molecule has 0 atom stereocenters. The van der Waals surface area contributed by atoms with E-state index in [1.54, 1.807) is 16.6 Å². The predicted octanol–water partition coefficient (Wildman–Crippen LogP) is 4.35. The monoisotopic (exact) mass is 418 g/mol. The normalized spacial score (nSPS) is 13.1. The van der Waals surface area contributed by atoms with Crippen LogP contribution in [0.4, 0.5) is 0 Å². The molecule has 0 bridgehead atoms. The summed E-state index contributed by atoms with van der Waals surface area (Å²) in [4.78, 5) is 0. The number of benzene rings is 3. The zero-order valence-electron chi connectivity index (χ0n) is 16.8. The predicted molar refractivity (Wildman–Crippen MR) is 129 cm³/mol. The Labute approximate surface area is 183 Å². The maximum Gasteiger partial charge on any atom is 0.0934 e. The maximum atomic E-state index is 6.02. The molecular formula is C25H27ClN4. The van der Waals surface area contributed by atoms with Crippen LogP contribution in [0.15, 0.2) is 84.7 Å². The highest BCUT2D eigenvalue weighted by molar-refractivity contribution is 6.13. The molecule has 4 nitrogen and oxygen atoms in total. The fraction of sp³-hybridized carbons (Fsp3) is 0.120. The van der Waals surface area contributed by atoms with Crippen molar-refractivity contribution < 1.29 is 0 Å². The smallest absolute Gasteiger partial charge is 0.0934 e. The molecule has 0 saturated heterocycles. The number of hydrogen-bond donors (Lipinski definition) is 3. The van der Waals surface area contributed by atoms with Crippen LogP contribution in [0.1, 0.15) is 16.7 Å². The Kier molecular flexibility index (Phi) is 8.83. The third-order valence-corrected chi connectivity index (χ3v) is 4.91. The van der Waals surface area contributed by atoms with Gasteiger partial charge in [-0.25, -0.2) is 4.42 Å². The molecule has 5 heteroatoms. The molecule has 0 unspecified atom stereocenters. The van der Waals surface area contributed by atoms with Crippen molar-refractivity contribution >= 4 is 28.2 Å². The number of rotatable bonds is 2. The van der Waals surface area contributed by atoms with Crippen molar-refractivity contribution in [1.29, 1.82) is 0 Å². The second kappa shape index (κ2) is 11.6. The minimum absolute atomic E-state index is 0.239. The highest BCUT2D eigenvalue weighted by Gasteiger charge is 2.14. The number of nitrogens with two attached hydrogens (primary N) is 3. The van der Waals surface area contributed by atoms with E-state index in [4.69, 9.17) is 29.0 Å². The first-order valence-electron chi connectivity index (χ1n) is 9.51. The van der Waals surface area contributed by atoms with Crippen molar-refractivity contribution in [3.63, 3.8) is 0 Å². The third kappa shape index (κ3) is 6.59. The molecule has 4 rings (SSSR count). The third-order valence-electron chi connectivity index (χ3n) is 4.62. The van der Waals surface area contributed by atoms with Gasteiger partial charge in [-0.1, -0.05) is 60.7 Å². The van der Waals surface area contributed by atoms with Gasteiger partial charge < -0.3 is 17.2 Å². The van der Waals surface area contributed by atoms with Crippen LogP contribution in [0, 0.1) is 12.8 Å². The molecule has 0 saturated carbocycles. The summed E-state index contributed by atoms with van der Waals surface area (Å²) in [5.74, 6) is 0.239. The van der Waals surface area contributed by atoms with Gasteiger partial charge in [0.25, 0.3) is 0 Å². The van der Waals surface area contributed by atoms with Crippen molar-refractivity contribution in [3.8, 4) is 12.8 Å². The Hall–Kier alpha value is -3.39. The summed E-state index contributed by atoms with van der Waals surface area (Å²) in [6.45, 7) is 1.62. The van der Waals surface area contributed by atoms with Gasteiger partial charge in [-0.05, 0) is 63.9 Å². The molecule has 3 aromatic rings. The van der Waals surface area contributed by atoms with E-state index >= 15 is 0 Å². The Morgan fingerprint density at radius 2 is 1.40 bits per heavy atom. The summed E-state index contributed by atoms with van der Waals surface area (Å²) >= 11 is 6.02. The quantitative estimate of drug-likeness (QED) is 0.328. The number of terminal acetylenes is 1. The molecule has 1 heterocycles. The SMILES string of the molecule is C#C.NC(N)=C/C=C(\N)c1ccc2c(c1)CN(Cl)CC2.c1ccc2ccccc2c1. The summed E-state index contributed by atoms with van der Waals surface area (Å²) < 4.78 is 1.78. The lowest BCUT2D eigenvalue weighted by Gasteiger charge is -2.23. The summed E-state index contributed by atoms with van der Waals surface area (Å²) in [6.07, 6.45) is 12.3. The van der Waals surface area contributed by atoms with Gasteiger partial charge in [0.1, 0.15) is 0 Å². The van der Waals surface area contributed by atoms with Crippen LogP contribution >= 0.6 is 11.8 Å². The van der Waals surface area contributed by atoms with Gasteiger partial charge in [0.05, 0.1) is 5.82 Å². The molecule has 3 aromatic carbocycles. The van der Waals surface area contributed by atoms with Gasteiger partial charge in [0.15, 0.2) is 0 Å². The fourth-order valence-electron chi connectivity index (χ4n) is 3.12. The van der Waals surface area contributed by atoms with Crippen molar-refractivity contribution in [1.82, 2.24) is 4.42 Å². The van der Waals surface area contributed by atoms with Crippen LogP contribution in [0.3, 0.4) is 0 Å². The van der Waals surface area contributed by atoms with Crippen LogP contribution in [-0.2, 0) is 13.0 Å². The Morgan fingerprint density at radius 3 is 1.93 bits per heavy atom. The second-order valence-corrected chi connectivity index (χ2v) is 7.19. The summed E-state index contributed by atoms with van der Waals surface area (Å²) in [5, 5.41) is 2.62. The van der Waals surface area contributed by atoms with Gasteiger partial charge in [-0.2, -0.15) is 0 Å². The van der Waals surface area contributed by atoms with Gasteiger partial charge in [0, 0.05) is 18.8 Å². The van der Waals surface area contributed by atoms with E-state index in [0.717, 1.165) is 25.1 Å². The molecule has 0 aromatic heterocycles. The molecular weight excluding hydrogens is 392 g/mol. The van der Waals surface area contributed by atoms with Gasteiger partial charge in [0.2, 0.25) is 0 Å². The molecule has 0 amide bonds. The average molecular weight is 419 g/mol. The molecule has 0 spiro atoms. The molecule has 1 aliphatic heterocycles. The topological polar surface area (TPSA) is 81.3 Å². The number of nitrogens with zero attached hydrogens (tertiary/aromatic N) is 1. The van der Waals surface area contributed by atoms with E-state index in [9.17, 15) is 0 Å². The Bertz CT molecular complexity index is 984. The minimum Gasteiger partial charge on any atom is -0.398 e. The zero-order chi connectivity index (χ0) is 21.9. The van der Waals surface area contributed by atoms with E-state index in [1.165, 1.54) is 21.9 Å². The molecule has 0 fully saturated rings. The van der Waals surface area contributed by atoms with Crippen molar-refractivity contribution in [2.24, 2.45) is 17.2 Å². The van der Waals surface area contributed by atoms with E-state index in [0.29, 0.717) is 5.70 Å². The van der Waals surface area contributed by atoms with Gasteiger partial charge in [-0.3, -0.25) is 0 Å². The van der Waals surface area contributed by atoms with Crippen molar-refractivity contribution in [2.75, 3.05) is 6.54 Å². The largest absolute Gasteiger partial charge is 0.398 e. The highest BCUT2D eigenvalue weighted by atomic mass is 35.5. The molecule has 6 N–H and O–H groups in total. The number of fused-ring (bicyclic) bond motifs is 2. The first-order chi connectivity index (χ1) is 14.5. The van der Waals surface area contributed by atoms with E-state index < -0.39 is 0 Å². The van der Waals surface area contributed by atoms with Crippen LogP contribution in [0.5, 0.6) is 0 Å². The van der Waals surface area contributed by atoms with Gasteiger partial charge >= 0.3 is 0 Å². The molecule has 0 aliphatic carbocycles. The molecule has 154 valence electrons. The number of hydrogen-bond acceptors (Lipinski definition) is 4. The highest BCUT2D eigenvalue weighted by Crippen LogP contribution is 2.23. The average Bonchev–Trinajstić information content (AvgIpc) is 2.78. The maximum absolute atomic E-state index is 6.02. The molecule has 30 heavy (non-hydrogen) atoms.